The summed E-state index contributed by atoms with van der Waals surface area (Å²) >= 11 is 0. The van der Waals surface area contributed by atoms with Gasteiger partial charge in [0.1, 0.15) is 0 Å². The fourth-order valence-corrected chi connectivity index (χ4v) is 2.27. The largest absolute Gasteiger partial charge is 0.481 e. The molecule has 1 aliphatic heterocycles. The summed E-state index contributed by atoms with van der Waals surface area (Å²) in [5.41, 5.74) is 0. The second kappa shape index (κ2) is 7.99. The van der Waals surface area contributed by atoms with Gasteiger partial charge in [-0.15, -0.1) is 0 Å². The molecule has 0 aromatic carbocycles. The van der Waals surface area contributed by atoms with E-state index in [0.29, 0.717) is 25.7 Å². The standard InChI is InChI=1S/C13H24N2O4/c1-9(2)5-10(6-12(16)17)7-14-13(18)15-11-3-4-19-8-11/h9-11H,3-8H2,1-2H3,(H,16,17)(H2,14,15,18)/t10-,11?/m0/s1. The number of hydrogen-bond acceptors (Lipinski definition) is 3. The van der Waals surface area contributed by atoms with E-state index < -0.39 is 5.97 Å². The summed E-state index contributed by atoms with van der Waals surface area (Å²) in [7, 11) is 0. The Morgan fingerprint density at radius 2 is 2.16 bits per heavy atom. The topological polar surface area (TPSA) is 87.7 Å². The van der Waals surface area contributed by atoms with Crippen LogP contribution in [0.5, 0.6) is 0 Å². The van der Waals surface area contributed by atoms with Crippen LogP contribution in [0.1, 0.15) is 33.1 Å². The third kappa shape index (κ3) is 7.00. The zero-order valence-corrected chi connectivity index (χ0v) is 11.6. The zero-order chi connectivity index (χ0) is 14.3. The maximum atomic E-state index is 11.6. The molecular weight excluding hydrogens is 248 g/mol. The van der Waals surface area contributed by atoms with Gasteiger partial charge >= 0.3 is 12.0 Å². The summed E-state index contributed by atoms with van der Waals surface area (Å²) < 4.78 is 5.17. The summed E-state index contributed by atoms with van der Waals surface area (Å²) in [6, 6.07) is -0.169. The van der Waals surface area contributed by atoms with E-state index in [9.17, 15) is 9.59 Å². The normalized spacial score (nSPS) is 20.3. The molecule has 0 radical (unpaired) electrons. The molecule has 1 aliphatic rings. The molecule has 3 N–H and O–H groups in total. The number of carboxylic acids is 1. The van der Waals surface area contributed by atoms with Crippen LogP contribution in [0.2, 0.25) is 0 Å². The van der Waals surface area contributed by atoms with E-state index in [0.717, 1.165) is 12.8 Å². The van der Waals surface area contributed by atoms with Crippen molar-refractivity contribution >= 4 is 12.0 Å². The van der Waals surface area contributed by atoms with Gasteiger partial charge in [0, 0.05) is 19.6 Å². The highest BCUT2D eigenvalue weighted by Gasteiger charge is 2.19. The van der Waals surface area contributed by atoms with Gasteiger partial charge in [-0.25, -0.2) is 4.79 Å². The number of hydrogen-bond donors (Lipinski definition) is 3. The Bertz CT molecular complexity index is 301. The van der Waals surface area contributed by atoms with Crippen LogP contribution in [-0.2, 0) is 9.53 Å². The van der Waals surface area contributed by atoms with E-state index in [1.165, 1.54) is 0 Å². The summed E-state index contributed by atoms with van der Waals surface area (Å²) in [5, 5.41) is 14.4. The molecule has 0 aliphatic carbocycles. The average Bonchev–Trinajstić information content (AvgIpc) is 2.77. The summed E-state index contributed by atoms with van der Waals surface area (Å²) in [4.78, 5) is 22.4. The third-order valence-electron chi connectivity index (χ3n) is 3.08. The number of carboxylic acid groups (broad SMARTS) is 1. The van der Waals surface area contributed by atoms with Gasteiger partial charge in [0.2, 0.25) is 0 Å². The summed E-state index contributed by atoms with van der Waals surface area (Å²) in [6.45, 7) is 5.72. The molecule has 1 fully saturated rings. The highest BCUT2D eigenvalue weighted by Crippen LogP contribution is 2.14. The van der Waals surface area contributed by atoms with Crippen molar-refractivity contribution in [2.75, 3.05) is 19.8 Å². The number of nitrogens with one attached hydrogen (secondary N) is 2. The first-order valence-electron chi connectivity index (χ1n) is 6.81. The minimum absolute atomic E-state index is 0.0249. The second-order valence-electron chi connectivity index (χ2n) is 5.51. The maximum Gasteiger partial charge on any atom is 0.315 e. The van der Waals surface area contributed by atoms with E-state index in [2.05, 4.69) is 10.6 Å². The molecule has 110 valence electrons. The number of carbonyl (C=O) groups is 2. The Morgan fingerprint density at radius 3 is 2.68 bits per heavy atom. The molecule has 1 saturated heterocycles. The lowest BCUT2D eigenvalue weighted by molar-refractivity contribution is -0.138. The molecule has 1 rings (SSSR count). The molecule has 6 nitrogen and oxygen atoms in total. The van der Waals surface area contributed by atoms with Crippen LogP contribution >= 0.6 is 0 Å². The van der Waals surface area contributed by atoms with Crippen LogP contribution in [0.15, 0.2) is 0 Å². The van der Waals surface area contributed by atoms with E-state index in [1.54, 1.807) is 0 Å². The Balaban J connectivity index is 2.28. The van der Waals surface area contributed by atoms with Crippen LogP contribution in [0, 0.1) is 11.8 Å². The Kier molecular flexibility index (Phi) is 6.62. The van der Waals surface area contributed by atoms with Crippen LogP contribution in [-0.4, -0.2) is 42.9 Å². The fourth-order valence-electron chi connectivity index (χ4n) is 2.27. The van der Waals surface area contributed by atoms with Gasteiger partial charge in [0.15, 0.2) is 0 Å². The van der Waals surface area contributed by atoms with Crippen LogP contribution < -0.4 is 10.6 Å². The molecule has 0 aromatic heterocycles. The molecule has 2 atom stereocenters. The first-order valence-corrected chi connectivity index (χ1v) is 6.81. The van der Waals surface area contributed by atoms with Crippen molar-refractivity contribution in [1.29, 1.82) is 0 Å². The SMILES string of the molecule is CC(C)C[C@H](CNC(=O)NC1CCOC1)CC(=O)O. The Morgan fingerprint density at radius 1 is 1.42 bits per heavy atom. The Labute approximate surface area is 113 Å². The van der Waals surface area contributed by atoms with Gasteiger partial charge in [-0.1, -0.05) is 13.8 Å². The predicted molar refractivity (Wildman–Crippen MR) is 71.0 cm³/mol. The van der Waals surface area contributed by atoms with Crippen molar-refractivity contribution in [3.63, 3.8) is 0 Å². The molecule has 0 bridgehead atoms. The Hall–Kier alpha value is -1.30. The number of urea groups is 1. The minimum Gasteiger partial charge on any atom is -0.481 e. The molecule has 0 spiro atoms. The third-order valence-corrected chi connectivity index (χ3v) is 3.08. The maximum absolute atomic E-state index is 11.6. The first kappa shape index (κ1) is 15.8. The van der Waals surface area contributed by atoms with Crippen LogP contribution in [0.4, 0.5) is 4.79 Å². The molecule has 0 saturated carbocycles. The van der Waals surface area contributed by atoms with E-state index in [4.69, 9.17) is 9.84 Å². The molecule has 1 unspecified atom stereocenters. The van der Waals surface area contributed by atoms with Crippen molar-refractivity contribution < 1.29 is 19.4 Å². The van der Waals surface area contributed by atoms with Crippen molar-refractivity contribution in [2.24, 2.45) is 11.8 Å². The van der Waals surface area contributed by atoms with Crippen molar-refractivity contribution in [3.05, 3.63) is 0 Å². The van der Waals surface area contributed by atoms with Crippen molar-refractivity contribution in [2.45, 2.75) is 39.2 Å². The average molecular weight is 272 g/mol. The second-order valence-corrected chi connectivity index (χ2v) is 5.51. The number of carbonyl (C=O) groups excluding carboxylic acids is 1. The lowest BCUT2D eigenvalue weighted by Crippen LogP contribution is -2.44. The molecule has 6 heteroatoms. The first-order chi connectivity index (χ1) is 8.97. The van der Waals surface area contributed by atoms with Crippen molar-refractivity contribution in [1.82, 2.24) is 10.6 Å². The smallest absolute Gasteiger partial charge is 0.315 e. The molecule has 2 amide bonds. The van der Waals surface area contributed by atoms with Crippen LogP contribution in [0.3, 0.4) is 0 Å². The van der Waals surface area contributed by atoms with Gasteiger partial charge < -0.3 is 20.5 Å². The van der Waals surface area contributed by atoms with Gasteiger partial charge in [-0.2, -0.15) is 0 Å². The summed E-state index contributed by atoms with van der Waals surface area (Å²) in [6.07, 6.45) is 1.71. The van der Waals surface area contributed by atoms with E-state index >= 15 is 0 Å². The lowest BCUT2D eigenvalue weighted by atomic mass is 9.94. The van der Waals surface area contributed by atoms with Gasteiger partial charge in [-0.05, 0) is 24.7 Å². The molecular formula is C13H24N2O4. The zero-order valence-electron chi connectivity index (χ0n) is 11.6. The number of amides is 2. The van der Waals surface area contributed by atoms with E-state index in [1.807, 2.05) is 13.8 Å². The lowest BCUT2D eigenvalue weighted by Gasteiger charge is -2.19. The van der Waals surface area contributed by atoms with E-state index in [-0.39, 0.29) is 24.4 Å². The molecule has 0 aromatic rings. The number of rotatable bonds is 7. The van der Waals surface area contributed by atoms with Crippen molar-refractivity contribution in [3.8, 4) is 0 Å². The van der Waals surface area contributed by atoms with Gasteiger partial charge in [0.25, 0.3) is 0 Å². The van der Waals surface area contributed by atoms with Crippen LogP contribution in [0.25, 0.3) is 0 Å². The number of ether oxygens (including phenoxy) is 1. The van der Waals surface area contributed by atoms with Gasteiger partial charge in [-0.3, -0.25) is 4.79 Å². The monoisotopic (exact) mass is 272 g/mol. The molecule has 1 heterocycles. The van der Waals surface area contributed by atoms with Gasteiger partial charge in [0.05, 0.1) is 12.6 Å². The number of aliphatic carboxylic acids is 1. The highest BCUT2D eigenvalue weighted by molar-refractivity contribution is 5.74. The fraction of sp³-hybridized carbons (Fsp3) is 0.846. The minimum atomic E-state index is -0.822. The quantitative estimate of drug-likeness (QED) is 0.650. The summed E-state index contributed by atoms with van der Waals surface area (Å²) in [5.74, 6) is -0.433. The molecule has 19 heavy (non-hydrogen) atoms. The predicted octanol–water partition coefficient (Wildman–Crippen LogP) is 1.21. The highest BCUT2D eigenvalue weighted by atomic mass is 16.5.